The first-order chi connectivity index (χ1) is 15.8. The van der Waals surface area contributed by atoms with Crippen molar-refractivity contribution in [2.24, 2.45) is 0 Å². The van der Waals surface area contributed by atoms with E-state index in [-0.39, 0.29) is 28.7 Å². The number of nitrogens with one attached hydrogen (secondary N) is 2. The number of hydrogen-bond acceptors (Lipinski definition) is 7. The molecule has 0 radical (unpaired) electrons. The van der Waals surface area contributed by atoms with Crippen LogP contribution in [0.2, 0.25) is 0 Å². The van der Waals surface area contributed by atoms with Crippen LogP contribution in [0.1, 0.15) is 12.7 Å². The van der Waals surface area contributed by atoms with E-state index in [0.29, 0.717) is 22.7 Å². The molecule has 0 unspecified atom stereocenters. The average Bonchev–Trinajstić information content (AvgIpc) is 3.26. The number of nitrogens with zero attached hydrogens (tertiary/aromatic N) is 2. The molecule has 0 atom stereocenters. The fourth-order valence-electron chi connectivity index (χ4n) is 2.90. The van der Waals surface area contributed by atoms with Crippen molar-refractivity contribution in [2.75, 3.05) is 17.7 Å². The van der Waals surface area contributed by atoms with Crippen molar-refractivity contribution in [3.63, 3.8) is 0 Å². The molecule has 33 heavy (non-hydrogen) atoms. The minimum Gasteiger partial charge on any atom is -0.496 e. The molecule has 10 nitrogen and oxygen atoms in total. The molecule has 2 aromatic carbocycles. The van der Waals surface area contributed by atoms with Crippen LogP contribution < -0.4 is 15.4 Å². The molecule has 0 aliphatic rings. The molecule has 0 saturated carbocycles. The second kappa shape index (κ2) is 9.93. The average molecular weight is 446 g/mol. The molecule has 0 aliphatic heterocycles. The quantitative estimate of drug-likeness (QED) is 0.237. The van der Waals surface area contributed by atoms with E-state index in [1.165, 1.54) is 38.3 Å². The molecule has 166 valence electrons. The Bertz CT molecular complexity index is 1290. The number of anilines is 2. The van der Waals surface area contributed by atoms with E-state index in [1.54, 1.807) is 36.4 Å². The summed E-state index contributed by atoms with van der Waals surface area (Å²) >= 11 is 0. The number of rotatable bonds is 7. The third-order valence-electron chi connectivity index (χ3n) is 4.40. The summed E-state index contributed by atoms with van der Waals surface area (Å²) in [5, 5.41) is 25.6. The Morgan fingerprint density at radius 1 is 1.09 bits per heavy atom. The number of amides is 2. The van der Waals surface area contributed by atoms with Crippen LogP contribution in [0.4, 0.5) is 17.1 Å². The van der Waals surface area contributed by atoms with Crippen molar-refractivity contribution >= 4 is 35.0 Å². The summed E-state index contributed by atoms with van der Waals surface area (Å²) < 4.78 is 10.9. The molecule has 2 N–H and O–H groups in total. The standard InChI is InChI=1S/C23H18N4O6/c1-14(28)25-16-3-5-17(6-4-16)26-23(29)15(13-24)11-19-8-10-21(33-19)20-9-7-18(27(30)31)12-22(20)32-2/h3-12H,1-2H3,(H,25,28)(H,26,29)/b15-11+. The lowest BCUT2D eigenvalue weighted by Gasteiger charge is -2.06. The maximum absolute atomic E-state index is 12.5. The number of nitro groups is 1. The SMILES string of the molecule is COc1cc([N+](=O)[O-])ccc1-c1ccc(/C=C(\C#N)C(=O)Nc2ccc(NC(C)=O)cc2)o1. The lowest BCUT2D eigenvalue weighted by molar-refractivity contribution is -0.384. The summed E-state index contributed by atoms with van der Waals surface area (Å²) in [5.41, 5.74) is 1.16. The van der Waals surface area contributed by atoms with Crippen LogP contribution in [0, 0.1) is 21.4 Å². The molecule has 1 heterocycles. The van der Waals surface area contributed by atoms with E-state index in [1.807, 2.05) is 6.07 Å². The van der Waals surface area contributed by atoms with Crippen molar-refractivity contribution in [3.05, 3.63) is 76.0 Å². The Morgan fingerprint density at radius 3 is 2.33 bits per heavy atom. The van der Waals surface area contributed by atoms with E-state index >= 15 is 0 Å². The summed E-state index contributed by atoms with van der Waals surface area (Å²) in [6.45, 7) is 1.39. The highest BCUT2D eigenvalue weighted by Crippen LogP contribution is 2.34. The molecule has 0 aliphatic carbocycles. The Morgan fingerprint density at radius 2 is 1.76 bits per heavy atom. The van der Waals surface area contributed by atoms with E-state index in [4.69, 9.17) is 9.15 Å². The molecular weight excluding hydrogens is 428 g/mol. The minimum absolute atomic E-state index is 0.129. The number of ether oxygens (including phenoxy) is 1. The lowest BCUT2D eigenvalue weighted by atomic mass is 10.1. The van der Waals surface area contributed by atoms with Gasteiger partial charge in [0.1, 0.15) is 28.9 Å². The van der Waals surface area contributed by atoms with Crippen LogP contribution in [-0.2, 0) is 9.59 Å². The minimum atomic E-state index is -0.643. The smallest absolute Gasteiger partial charge is 0.273 e. The lowest BCUT2D eigenvalue weighted by Crippen LogP contribution is -2.13. The van der Waals surface area contributed by atoms with Crippen molar-refractivity contribution < 1.29 is 23.7 Å². The van der Waals surface area contributed by atoms with Crippen molar-refractivity contribution in [1.82, 2.24) is 0 Å². The van der Waals surface area contributed by atoms with Gasteiger partial charge in [0.25, 0.3) is 11.6 Å². The van der Waals surface area contributed by atoms with E-state index in [2.05, 4.69) is 10.6 Å². The first kappa shape index (κ1) is 22.8. The highest BCUT2D eigenvalue weighted by Gasteiger charge is 2.16. The molecule has 10 heteroatoms. The predicted octanol–water partition coefficient (Wildman–Crippen LogP) is 4.37. The second-order valence-corrected chi connectivity index (χ2v) is 6.73. The molecule has 0 fully saturated rings. The van der Waals surface area contributed by atoms with Gasteiger partial charge >= 0.3 is 0 Å². The Hall–Kier alpha value is -4.91. The van der Waals surface area contributed by atoms with E-state index in [0.717, 1.165) is 0 Å². The van der Waals surface area contributed by atoms with Gasteiger partial charge in [0.05, 0.1) is 23.7 Å². The topological polar surface area (TPSA) is 148 Å². The monoisotopic (exact) mass is 446 g/mol. The van der Waals surface area contributed by atoms with Crippen molar-refractivity contribution in [1.29, 1.82) is 5.26 Å². The van der Waals surface area contributed by atoms with Crippen LogP contribution in [-0.4, -0.2) is 23.8 Å². The van der Waals surface area contributed by atoms with Gasteiger partial charge in [-0.3, -0.25) is 19.7 Å². The summed E-state index contributed by atoms with van der Waals surface area (Å²) in [4.78, 5) is 34.0. The van der Waals surface area contributed by atoms with Gasteiger partial charge in [-0.1, -0.05) is 0 Å². The molecule has 3 rings (SSSR count). The number of carbonyl (C=O) groups is 2. The van der Waals surface area contributed by atoms with Gasteiger partial charge < -0.3 is 19.8 Å². The largest absolute Gasteiger partial charge is 0.496 e. The maximum atomic E-state index is 12.5. The number of methoxy groups -OCH3 is 1. The summed E-state index contributed by atoms with van der Waals surface area (Å²) in [6, 6.07) is 15.5. The second-order valence-electron chi connectivity index (χ2n) is 6.73. The zero-order chi connectivity index (χ0) is 24.0. The summed E-state index contributed by atoms with van der Waals surface area (Å²) in [7, 11) is 1.38. The van der Waals surface area contributed by atoms with Gasteiger partial charge in [0.15, 0.2) is 0 Å². The third kappa shape index (κ3) is 5.62. The highest BCUT2D eigenvalue weighted by atomic mass is 16.6. The zero-order valence-corrected chi connectivity index (χ0v) is 17.6. The van der Waals surface area contributed by atoms with Crippen LogP contribution in [0.15, 0.2) is 64.6 Å². The molecule has 1 aromatic heterocycles. The number of nitro benzene ring substituents is 1. The number of nitriles is 1. The molecule has 0 saturated heterocycles. The van der Waals surface area contributed by atoms with Crippen molar-refractivity contribution in [3.8, 4) is 23.1 Å². The fourth-order valence-corrected chi connectivity index (χ4v) is 2.90. The zero-order valence-electron chi connectivity index (χ0n) is 17.6. The van der Waals surface area contributed by atoms with Gasteiger partial charge in [-0.15, -0.1) is 0 Å². The van der Waals surface area contributed by atoms with Gasteiger partial charge in [0, 0.05) is 30.4 Å². The number of non-ortho nitro benzene ring substituents is 1. The predicted molar refractivity (Wildman–Crippen MR) is 120 cm³/mol. The van der Waals surface area contributed by atoms with Gasteiger partial charge in [-0.05, 0) is 42.5 Å². The molecule has 0 bridgehead atoms. The molecular formula is C23H18N4O6. The van der Waals surface area contributed by atoms with E-state index in [9.17, 15) is 25.0 Å². The number of carbonyl (C=O) groups excluding carboxylic acids is 2. The normalized spacial score (nSPS) is 10.8. The van der Waals surface area contributed by atoms with Gasteiger partial charge in [0.2, 0.25) is 5.91 Å². The van der Waals surface area contributed by atoms with Gasteiger partial charge in [-0.25, -0.2) is 0 Å². The van der Waals surface area contributed by atoms with Crippen molar-refractivity contribution in [2.45, 2.75) is 6.92 Å². The summed E-state index contributed by atoms with van der Waals surface area (Å²) in [6.07, 6.45) is 1.28. The van der Waals surface area contributed by atoms with E-state index < -0.39 is 10.8 Å². The highest BCUT2D eigenvalue weighted by molar-refractivity contribution is 6.09. The van der Waals surface area contributed by atoms with Crippen LogP contribution in [0.25, 0.3) is 17.4 Å². The number of benzene rings is 2. The first-order valence-corrected chi connectivity index (χ1v) is 9.54. The first-order valence-electron chi connectivity index (χ1n) is 9.54. The third-order valence-corrected chi connectivity index (χ3v) is 4.40. The van der Waals surface area contributed by atoms with Crippen LogP contribution >= 0.6 is 0 Å². The Kier molecular flexibility index (Phi) is 6.85. The van der Waals surface area contributed by atoms with Crippen LogP contribution in [0.3, 0.4) is 0 Å². The molecule has 2 amide bonds. The Balaban J connectivity index is 1.79. The van der Waals surface area contributed by atoms with Gasteiger partial charge in [-0.2, -0.15) is 5.26 Å². The fraction of sp³-hybridized carbons (Fsp3) is 0.0870. The summed E-state index contributed by atoms with van der Waals surface area (Å²) in [5.74, 6) is -0.0336. The molecule has 3 aromatic rings. The number of furan rings is 1. The number of hydrogen-bond donors (Lipinski definition) is 2. The van der Waals surface area contributed by atoms with Crippen LogP contribution in [0.5, 0.6) is 5.75 Å². The maximum Gasteiger partial charge on any atom is 0.273 e. The Labute approximate surface area is 188 Å². The molecule has 0 spiro atoms.